The van der Waals surface area contributed by atoms with Crippen LogP contribution in [0.2, 0.25) is 0 Å². The van der Waals surface area contributed by atoms with Crippen molar-refractivity contribution in [3.63, 3.8) is 0 Å². The van der Waals surface area contributed by atoms with Crippen molar-refractivity contribution in [2.45, 2.75) is 52.2 Å². The highest BCUT2D eigenvalue weighted by Gasteiger charge is 2.28. The minimum Gasteiger partial charge on any atom is -0.391 e. The Hall–Kier alpha value is -2.62. The minimum atomic E-state index is -0.351. The lowest BCUT2D eigenvalue weighted by atomic mass is 9.96. The number of anilines is 1. The molecule has 0 spiro atoms. The lowest BCUT2D eigenvalue weighted by molar-refractivity contribution is 0.198. The van der Waals surface area contributed by atoms with Gasteiger partial charge in [0.25, 0.3) is 0 Å². The van der Waals surface area contributed by atoms with Crippen LogP contribution in [-0.4, -0.2) is 59.4 Å². The monoisotopic (exact) mass is 358 g/mol. The molecule has 0 bridgehead atoms. The van der Waals surface area contributed by atoms with E-state index in [-0.39, 0.29) is 11.5 Å². The number of hydrogen-bond donors (Lipinski definition) is 1. The third-order valence-corrected chi connectivity index (χ3v) is 4.26. The fourth-order valence-electron chi connectivity index (χ4n) is 2.93. The van der Waals surface area contributed by atoms with Gasteiger partial charge in [-0.25, -0.2) is 9.97 Å². The highest BCUT2D eigenvalue weighted by molar-refractivity contribution is 5.82. The van der Waals surface area contributed by atoms with E-state index in [4.69, 9.17) is 9.51 Å². The van der Waals surface area contributed by atoms with Crippen LogP contribution in [0.15, 0.2) is 4.52 Å². The van der Waals surface area contributed by atoms with Gasteiger partial charge >= 0.3 is 0 Å². The number of β-amino-alcohol motifs (C(OH)–C–C–N with tert-alkyl or cyclic N) is 1. The van der Waals surface area contributed by atoms with Crippen molar-refractivity contribution < 1.29 is 9.63 Å². The van der Waals surface area contributed by atoms with Gasteiger partial charge in [0.05, 0.1) is 6.10 Å². The summed E-state index contributed by atoms with van der Waals surface area (Å²) >= 11 is 0. The van der Waals surface area contributed by atoms with Gasteiger partial charge in [-0.1, -0.05) is 25.9 Å². The summed E-state index contributed by atoms with van der Waals surface area (Å²) in [5.41, 5.74) is 0.921. The van der Waals surface area contributed by atoms with E-state index in [1.807, 2.05) is 4.90 Å². The summed E-state index contributed by atoms with van der Waals surface area (Å²) in [4.78, 5) is 17.1. The summed E-state index contributed by atoms with van der Waals surface area (Å²) in [6, 6.07) is 0. The van der Waals surface area contributed by atoms with E-state index in [0.717, 1.165) is 6.54 Å². The first-order valence-electron chi connectivity index (χ1n) is 8.65. The Bertz CT molecular complexity index is 942. The summed E-state index contributed by atoms with van der Waals surface area (Å²) < 4.78 is 5.00. The molecule has 1 saturated heterocycles. The highest BCUT2D eigenvalue weighted by Crippen LogP contribution is 2.28. The average Bonchev–Trinajstić information content (AvgIpc) is 3.25. The molecule has 1 N–H and O–H groups in total. The zero-order chi connectivity index (χ0) is 18.5. The second-order valence-corrected chi connectivity index (χ2v) is 7.64. The molecule has 10 heteroatoms. The SMILES string of the molecule is Cc1nc(Cn2nc3nc(C(C)(C)C)nc(N4CCC(O)C4)c3n2)no1. The number of rotatable bonds is 3. The third-order valence-electron chi connectivity index (χ3n) is 4.26. The zero-order valence-corrected chi connectivity index (χ0v) is 15.3. The molecule has 4 rings (SSSR count). The Morgan fingerprint density at radius 3 is 2.62 bits per heavy atom. The molecule has 1 aliphatic heterocycles. The molecule has 0 radical (unpaired) electrons. The predicted molar refractivity (Wildman–Crippen MR) is 92.8 cm³/mol. The minimum absolute atomic E-state index is 0.226. The van der Waals surface area contributed by atoms with Gasteiger partial charge in [0.1, 0.15) is 12.4 Å². The number of hydrogen-bond acceptors (Lipinski definition) is 9. The molecule has 0 aromatic carbocycles. The van der Waals surface area contributed by atoms with E-state index in [1.54, 1.807) is 6.92 Å². The molecule has 138 valence electrons. The van der Waals surface area contributed by atoms with Crippen molar-refractivity contribution >= 4 is 17.0 Å². The lowest BCUT2D eigenvalue weighted by Gasteiger charge is -2.21. The Morgan fingerprint density at radius 1 is 1.19 bits per heavy atom. The standard InChI is InChI=1S/C16H22N8O2/c1-9-17-11(22-26-9)8-24-20-12-13(21-24)18-15(16(2,3)4)19-14(12)23-6-5-10(25)7-23/h10,25H,5-8H2,1-4H3. The maximum atomic E-state index is 9.91. The maximum Gasteiger partial charge on any atom is 0.223 e. The van der Waals surface area contributed by atoms with Gasteiger partial charge in [-0.05, 0) is 6.42 Å². The number of aryl methyl sites for hydroxylation is 1. The predicted octanol–water partition coefficient (Wildman–Crippen LogP) is 0.830. The van der Waals surface area contributed by atoms with Crippen LogP contribution in [0.1, 0.15) is 44.7 Å². The molecular formula is C16H22N8O2. The van der Waals surface area contributed by atoms with Crippen molar-refractivity contribution in [1.29, 1.82) is 0 Å². The molecule has 1 fully saturated rings. The molecule has 26 heavy (non-hydrogen) atoms. The summed E-state index contributed by atoms with van der Waals surface area (Å²) in [7, 11) is 0. The zero-order valence-electron chi connectivity index (χ0n) is 15.3. The van der Waals surface area contributed by atoms with Crippen molar-refractivity contribution in [1.82, 2.24) is 35.1 Å². The molecule has 3 aromatic heterocycles. The van der Waals surface area contributed by atoms with Gasteiger partial charge < -0.3 is 14.5 Å². The van der Waals surface area contributed by atoms with Crippen LogP contribution in [0, 0.1) is 6.92 Å². The van der Waals surface area contributed by atoms with Gasteiger partial charge in [0.15, 0.2) is 17.2 Å². The molecule has 0 amide bonds. The van der Waals surface area contributed by atoms with Crippen molar-refractivity contribution in [3.8, 4) is 0 Å². The first kappa shape index (κ1) is 16.8. The van der Waals surface area contributed by atoms with Crippen LogP contribution in [0.3, 0.4) is 0 Å². The van der Waals surface area contributed by atoms with Gasteiger partial charge in [0, 0.05) is 25.4 Å². The van der Waals surface area contributed by atoms with E-state index in [0.29, 0.717) is 54.0 Å². The summed E-state index contributed by atoms with van der Waals surface area (Å²) in [5.74, 6) is 2.42. The first-order valence-corrected chi connectivity index (χ1v) is 8.65. The lowest BCUT2D eigenvalue weighted by Crippen LogP contribution is -2.25. The van der Waals surface area contributed by atoms with E-state index >= 15 is 0 Å². The quantitative estimate of drug-likeness (QED) is 0.726. The first-order chi connectivity index (χ1) is 12.3. The molecule has 3 aromatic rings. The fourth-order valence-corrected chi connectivity index (χ4v) is 2.93. The van der Waals surface area contributed by atoms with Crippen LogP contribution >= 0.6 is 0 Å². The van der Waals surface area contributed by atoms with Gasteiger partial charge in [-0.3, -0.25) is 0 Å². The molecule has 4 heterocycles. The molecule has 1 unspecified atom stereocenters. The van der Waals surface area contributed by atoms with E-state index in [9.17, 15) is 5.11 Å². The third kappa shape index (κ3) is 3.12. The van der Waals surface area contributed by atoms with E-state index < -0.39 is 0 Å². The second-order valence-electron chi connectivity index (χ2n) is 7.64. The van der Waals surface area contributed by atoms with Crippen LogP contribution in [-0.2, 0) is 12.0 Å². The van der Waals surface area contributed by atoms with Crippen LogP contribution in [0.25, 0.3) is 11.2 Å². The fraction of sp³-hybridized carbons (Fsp3) is 0.625. The van der Waals surface area contributed by atoms with Crippen LogP contribution < -0.4 is 4.90 Å². The molecule has 1 aliphatic rings. The molecule has 1 atom stereocenters. The Kier molecular flexibility index (Phi) is 3.87. The Balaban J connectivity index is 1.78. The van der Waals surface area contributed by atoms with Gasteiger partial charge in [-0.15, -0.1) is 10.2 Å². The van der Waals surface area contributed by atoms with Crippen molar-refractivity contribution in [2.24, 2.45) is 0 Å². The molecule has 10 nitrogen and oxygen atoms in total. The Labute approximate surface area is 150 Å². The van der Waals surface area contributed by atoms with E-state index in [2.05, 4.69) is 46.1 Å². The molecular weight excluding hydrogens is 336 g/mol. The Morgan fingerprint density at radius 2 is 2.00 bits per heavy atom. The smallest absolute Gasteiger partial charge is 0.223 e. The number of aliphatic hydroxyl groups excluding tert-OH is 1. The summed E-state index contributed by atoms with van der Waals surface area (Å²) in [5, 5.41) is 22.8. The maximum absolute atomic E-state index is 9.91. The van der Waals surface area contributed by atoms with E-state index in [1.165, 1.54) is 4.80 Å². The molecule has 0 aliphatic carbocycles. The largest absolute Gasteiger partial charge is 0.391 e. The number of fused-ring (bicyclic) bond motifs is 1. The number of nitrogens with zero attached hydrogens (tertiary/aromatic N) is 8. The second kappa shape index (κ2) is 5.97. The van der Waals surface area contributed by atoms with Crippen molar-refractivity contribution in [2.75, 3.05) is 18.0 Å². The number of aromatic nitrogens is 7. The van der Waals surface area contributed by atoms with Crippen LogP contribution in [0.4, 0.5) is 5.82 Å². The topological polar surface area (TPSA) is 119 Å². The average molecular weight is 358 g/mol. The summed E-state index contributed by atoms with van der Waals surface area (Å²) in [6.45, 7) is 9.47. The normalized spacial score (nSPS) is 18.2. The number of aliphatic hydroxyl groups is 1. The highest BCUT2D eigenvalue weighted by atomic mass is 16.5. The van der Waals surface area contributed by atoms with Crippen LogP contribution in [0.5, 0.6) is 0 Å². The molecule has 0 saturated carbocycles. The summed E-state index contributed by atoms with van der Waals surface area (Å²) in [6.07, 6.45) is 0.363. The van der Waals surface area contributed by atoms with Gasteiger partial charge in [0.2, 0.25) is 11.5 Å². The van der Waals surface area contributed by atoms with Gasteiger partial charge in [-0.2, -0.15) is 9.78 Å². The van der Waals surface area contributed by atoms with Crippen molar-refractivity contribution in [3.05, 3.63) is 17.5 Å².